The fraction of sp³-hybridized carbons (Fsp3) is 0.778. The van der Waals surface area contributed by atoms with Crippen LogP contribution in [0.3, 0.4) is 0 Å². The Kier molecular flexibility index (Phi) is 9.68. The molecule has 0 aromatic heterocycles. The van der Waals surface area contributed by atoms with Gasteiger partial charge >= 0.3 is 0 Å². The molecule has 0 amide bonds. The maximum Gasteiger partial charge on any atom is 0.0146 e. The predicted molar refractivity (Wildman–Crippen MR) is 54.2 cm³/mol. The number of hydrogen-bond acceptors (Lipinski definition) is 1. The Labute approximate surface area is 76.9 Å². The van der Waals surface area contributed by atoms with Crippen LogP contribution in [0.5, 0.6) is 0 Å². The number of rotatable bonds is 4. The van der Waals surface area contributed by atoms with E-state index in [2.05, 4.69) is 38.7 Å². The molecule has 0 N–H and O–H groups in total. The lowest BCUT2D eigenvalue weighted by molar-refractivity contribution is 0.371. The molecule has 0 atom stereocenters. The van der Waals surface area contributed by atoms with Crippen molar-refractivity contribution >= 4 is 12.4 Å². The summed E-state index contributed by atoms with van der Waals surface area (Å²) in [5.74, 6) is 0. The molecule has 68 valence electrons. The second-order valence-electron chi connectivity index (χ2n) is 2.31. The Bertz CT molecular complexity index is 106. The molecule has 0 rings (SSSR count). The SMILES string of the molecule is C/C=C(/CC)N(CC)CC.Cl. The van der Waals surface area contributed by atoms with E-state index in [0.29, 0.717) is 0 Å². The van der Waals surface area contributed by atoms with Crippen LogP contribution in [-0.4, -0.2) is 18.0 Å². The van der Waals surface area contributed by atoms with E-state index >= 15 is 0 Å². The molecule has 0 radical (unpaired) electrons. The van der Waals surface area contributed by atoms with Gasteiger partial charge in [0, 0.05) is 18.8 Å². The zero-order valence-corrected chi connectivity index (χ0v) is 8.87. The molecule has 0 fully saturated rings. The first kappa shape index (κ1) is 13.4. The highest BCUT2D eigenvalue weighted by atomic mass is 35.5. The first-order valence-corrected chi connectivity index (χ1v) is 4.20. The standard InChI is InChI=1S/C9H19N.ClH/c1-5-9(6-2)10(7-3)8-4;/h5H,6-8H2,1-4H3;1H/b9-5-;. The van der Waals surface area contributed by atoms with Gasteiger partial charge in [-0.25, -0.2) is 0 Å². The lowest BCUT2D eigenvalue weighted by Gasteiger charge is -2.23. The van der Waals surface area contributed by atoms with Gasteiger partial charge in [0.2, 0.25) is 0 Å². The second-order valence-corrected chi connectivity index (χ2v) is 2.31. The van der Waals surface area contributed by atoms with Crippen LogP contribution in [0.1, 0.15) is 34.1 Å². The van der Waals surface area contributed by atoms with Crippen molar-refractivity contribution in [2.24, 2.45) is 0 Å². The van der Waals surface area contributed by atoms with Crippen molar-refractivity contribution in [3.8, 4) is 0 Å². The summed E-state index contributed by atoms with van der Waals surface area (Å²) in [5, 5.41) is 0. The maximum absolute atomic E-state index is 2.39. The minimum atomic E-state index is 0. The van der Waals surface area contributed by atoms with Gasteiger partial charge in [0.05, 0.1) is 0 Å². The average Bonchev–Trinajstić information content (AvgIpc) is 2.00. The molecule has 0 aromatic rings. The molecule has 11 heavy (non-hydrogen) atoms. The van der Waals surface area contributed by atoms with Crippen molar-refractivity contribution in [2.75, 3.05) is 13.1 Å². The van der Waals surface area contributed by atoms with Gasteiger partial charge in [-0.05, 0) is 27.2 Å². The van der Waals surface area contributed by atoms with E-state index in [1.165, 1.54) is 5.70 Å². The number of hydrogen-bond donors (Lipinski definition) is 0. The van der Waals surface area contributed by atoms with Crippen molar-refractivity contribution in [2.45, 2.75) is 34.1 Å². The van der Waals surface area contributed by atoms with Crippen LogP contribution in [0.2, 0.25) is 0 Å². The van der Waals surface area contributed by atoms with E-state index < -0.39 is 0 Å². The fourth-order valence-corrected chi connectivity index (χ4v) is 1.24. The Hall–Kier alpha value is -0.170. The summed E-state index contributed by atoms with van der Waals surface area (Å²) < 4.78 is 0. The third kappa shape index (κ3) is 4.31. The van der Waals surface area contributed by atoms with Gasteiger partial charge in [0.1, 0.15) is 0 Å². The lowest BCUT2D eigenvalue weighted by Crippen LogP contribution is -2.21. The summed E-state index contributed by atoms with van der Waals surface area (Å²) >= 11 is 0. The molecule has 0 aliphatic heterocycles. The summed E-state index contributed by atoms with van der Waals surface area (Å²) in [5.41, 5.74) is 1.46. The highest BCUT2D eigenvalue weighted by molar-refractivity contribution is 5.85. The summed E-state index contributed by atoms with van der Waals surface area (Å²) in [4.78, 5) is 2.39. The molecule has 0 unspecified atom stereocenters. The van der Waals surface area contributed by atoms with Crippen LogP contribution in [0.4, 0.5) is 0 Å². The fourth-order valence-electron chi connectivity index (χ4n) is 1.24. The minimum absolute atomic E-state index is 0. The number of halogens is 1. The topological polar surface area (TPSA) is 3.24 Å². The number of nitrogens with zero attached hydrogens (tertiary/aromatic N) is 1. The summed E-state index contributed by atoms with van der Waals surface area (Å²) in [6.07, 6.45) is 3.35. The smallest absolute Gasteiger partial charge is 0.0146 e. The zero-order valence-electron chi connectivity index (χ0n) is 8.05. The van der Waals surface area contributed by atoms with Gasteiger partial charge in [-0.1, -0.05) is 13.0 Å². The lowest BCUT2D eigenvalue weighted by atomic mass is 10.3. The van der Waals surface area contributed by atoms with E-state index in [4.69, 9.17) is 0 Å². The zero-order chi connectivity index (χ0) is 7.98. The molecule has 2 heteroatoms. The first-order valence-electron chi connectivity index (χ1n) is 4.20. The van der Waals surface area contributed by atoms with E-state index in [-0.39, 0.29) is 12.4 Å². The molecule has 0 heterocycles. The van der Waals surface area contributed by atoms with E-state index in [9.17, 15) is 0 Å². The van der Waals surface area contributed by atoms with E-state index in [0.717, 1.165) is 19.5 Å². The van der Waals surface area contributed by atoms with Gasteiger partial charge in [0.25, 0.3) is 0 Å². The van der Waals surface area contributed by atoms with Gasteiger partial charge in [0.15, 0.2) is 0 Å². The molecule has 0 aliphatic rings. The molecular formula is C9H20ClN. The molecule has 0 aromatic carbocycles. The highest BCUT2D eigenvalue weighted by Crippen LogP contribution is 2.06. The van der Waals surface area contributed by atoms with E-state index in [1.54, 1.807) is 0 Å². The third-order valence-electron chi connectivity index (χ3n) is 1.87. The van der Waals surface area contributed by atoms with Crippen molar-refractivity contribution in [1.82, 2.24) is 4.90 Å². The molecule has 0 saturated heterocycles. The van der Waals surface area contributed by atoms with Crippen LogP contribution in [0.15, 0.2) is 11.8 Å². The van der Waals surface area contributed by atoms with Crippen LogP contribution in [-0.2, 0) is 0 Å². The summed E-state index contributed by atoms with van der Waals surface area (Å²) in [7, 11) is 0. The van der Waals surface area contributed by atoms with Crippen molar-refractivity contribution < 1.29 is 0 Å². The molecule has 0 spiro atoms. The summed E-state index contributed by atoms with van der Waals surface area (Å²) in [6.45, 7) is 11.0. The predicted octanol–water partition coefficient (Wildman–Crippen LogP) is 3.06. The van der Waals surface area contributed by atoms with Crippen LogP contribution < -0.4 is 0 Å². The van der Waals surface area contributed by atoms with Crippen molar-refractivity contribution in [1.29, 1.82) is 0 Å². The Morgan fingerprint density at radius 3 is 1.73 bits per heavy atom. The maximum atomic E-state index is 2.39. The Balaban J connectivity index is 0. The van der Waals surface area contributed by atoms with Crippen LogP contribution in [0.25, 0.3) is 0 Å². The molecular weight excluding hydrogens is 158 g/mol. The largest absolute Gasteiger partial charge is 0.376 e. The summed E-state index contributed by atoms with van der Waals surface area (Å²) in [6, 6.07) is 0. The highest BCUT2D eigenvalue weighted by Gasteiger charge is 1.99. The van der Waals surface area contributed by atoms with Gasteiger partial charge in [-0.3, -0.25) is 0 Å². The average molecular weight is 178 g/mol. The molecule has 0 bridgehead atoms. The quantitative estimate of drug-likeness (QED) is 0.638. The third-order valence-corrected chi connectivity index (χ3v) is 1.87. The van der Waals surface area contributed by atoms with E-state index in [1.807, 2.05) is 0 Å². The normalized spacial score (nSPS) is 10.7. The van der Waals surface area contributed by atoms with Crippen LogP contribution >= 0.6 is 12.4 Å². The first-order chi connectivity index (χ1) is 4.79. The monoisotopic (exact) mass is 177 g/mol. The molecule has 0 aliphatic carbocycles. The minimum Gasteiger partial charge on any atom is -0.376 e. The number of allylic oxidation sites excluding steroid dienone is 2. The van der Waals surface area contributed by atoms with Gasteiger partial charge < -0.3 is 4.90 Å². The van der Waals surface area contributed by atoms with Gasteiger partial charge in [-0.15, -0.1) is 12.4 Å². The van der Waals surface area contributed by atoms with Crippen molar-refractivity contribution in [3.05, 3.63) is 11.8 Å². The van der Waals surface area contributed by atoms with Gasteiger partial charge in [-0.2, -0.15) is 0 Å². The molecule has 1 nitrogen and oxygen atoms in total. The Morgan fingerprint density at radius 2 is 1.64 bits per heavy atom. The second kappa shape index (κ2) is 7.93. The molecule has 0 saturated carbocycles. The van der Waals surface area contributed by atoms with Crippen LogP contribution in [0, 0.1) is 0 Å². The van der Waals surface area contributed by atoms with Crippen molar-refractivity contribution in [3.63, 3.8) is 0 Å². The Morgan fingerprint density at radius 1 is 1.18 bits per heavy atom.